The minimum atomic E-state index is -0.305. The molecule has 0 saturated carbocycles. The van der Waals surface area contributed by atoms with Crippen molar-refractivity contribution < 1.29 is 9.13 Å². The van der Waals surface area contributed by atoms with Crippen LogP contribution in [0.25, 0.3) is 0 Å². The van der Waals surface area contributed by atoms with E-state index in [9.17, 15) is 4.39 Å². The van der Waals surface area contributed by atoms with Crippen LogP contribution >= 0.6 is 0 Å². The van der Waals surface area contributed by atoms with Crippen molar-refractivity contribution in [3.05, 3.63) is 70.5 Å². The predicted octanol–water partition coefficient (Wildman–Crippen LogP) is 3.37. The van der Waals surface area contributed by atoms with E-state index in [0.29, 0.717) is 6.61 Å². The fourth-order valence-corrected chi connectivity index (χ4v) is 2.25. The van der Waals surface area contributed by atoms with Crippen LogP contribution in [-0.4, -0.2) is 13.7 Å². The van der Waals surface area contributed by atoms with Gasteiger partial charge in [-0.05, 0) is 47.7 Å². The van der Waals surface area contributed by atoms with E-state index in [1.165, 1.54) is 17.7 Å². The topological polar surface area (TPSA) is 35.2 Å². The third-order valence-corrected chi connectivity index (χ3v) is 3.36. The number of hydrogen-bond donors (Lipinski definition) is 1. The highest BCUT2D eigenvalue weighted by Gasteiger charge is 2.10. The first kappa shape index (κ1) is 14.7. The zero-order valence-electron chi connectivity index (χ0n) is 11.9. The second-order valence-electron chi connectivity index (χ2n) is 5.02. The zero-order chi connectivity index (χ0) is 14.5. The summed E-state index contributed by atoms with van der Waals surface area (Å²) in [6.45, 7) is 2.57. The Balaban J connectivity index is 2.17. The third kappa shape index (κ3) is 3.65. The Morgan fingerprint density at radius 2 is 1.80 bits per heavy atom. The van der Waals surface area contributed by atoms with Crippen molar-refractivity contribution >= 4 is 0 Å². The van der Waals surface area contributed by atoms with Crippen molar-refractivity contribution in [2.45, 2.75) is 19.4 Å². The second-order valence-corrected chi connectivity index (χ2v) is 5.02. The van der Waals surface area contributed by atoms with Gasteiger partial charge in [0.2, 0.25) is 0 Å². The summed E-state index contributed by atoms with van der Waals surface area (Å²) in [5, 5.41) is 0. The van der Waals surface area contributed by atoms with Crippen LogP contribution in [0.4, 0.5) is 4.39 Å². The minimum Gasteiger partial charge on any atom is -0.384 e. The van der Waals surface area contributed by atoms with Crippen molar-refractivity contribution in [1.82, 2.24) is 0 Å². The molecule has 0 aromatic heterocycles. The summed E-state index contributed by atoms with van der Waals surface area (Å²) in [6, 6.07) is 12.7. The average Bonchev–Trinajstić information content (AvgIpc) is 2.44. The molecule has 1 atom stereocenters. The molecule has 0 amide bonds. The van der Waals surface area contributed by atoms with Gasteiger partial charge in [-0.3, -0.25) is 0 Å². The highest BCUT2D eigenvalue weighted by Crippen LogP contribution is 2.22. The lowest BCUT2D eigenvalue weighted by molar-refractivity contribution is 0.202. The molecule has 0 spiro atoms. The lowest BCUT2D eigenvalue weighted by atomic mass is 9.97. The van der Waals surface area contributed by atoms with Crippen LogP contribution in [-0.2, 0) is 11.2 Å². The Labute approximate surface area is 119 Å². The average molecular weight is 273 g/mol. The van der Waals surface area contributed by atoms with E-state index >= 15 is 0 Å². The predicted molar refractivity (Wildman–Crippen MR) is 79.2 cm³/mol. The molecule has 0 saturated heterocycles. The van der Waals surface area contributed by atoms with E-state index < -0.39 is 0 Å². The van der Waals surface area contributed by atoms with Gasteiger partial charge in [0, 0.05) is 7.11 Å². The fraction of sp³-hybridized carbons (Fsp3) is 0.294. The Morgan fingerprint density at radius 1 is 1.10 bits per heavy atom. The monoisotopic (exact) mass is 273 g/mol. The molecule has 2 aromatic rings. The molecule has 0 bridgehead atoms. The smallest absolute Gasteiger partial charge is 0.123 e. The van der Waals surface area contributed by atoms with Gasteiger partial charge < -0.3 is 10.5 Å². The van der Waals surface area contributed by atoms with Gasteiger partial charge in [0.05, 0.1) is 12.6 Å². The first-order valence-corrected chi connectivity index (χ1v) is 6.70. The summed E-state index contributed by atoms with van der Waals surface area (Å²) < 4.78 is 18.5. The van der Waals surface area contributed by atoms with Gasteiger partial charge in [0.1, 0.15) is 5.82 Å². The molecule has 0 heterocycles. The molecule has 20 heavy (non-hydrogen) atoms. The number of aryl methyl sites for hydroxylation is 1. The van der Waals surface area contributed by atoms with Gasteiger partial charge in [-0.1, -0.05) is 30.3 Å². The SMILES string of the molecule is COCCc1ccc(C(N)c2cc(C)cc(F)c2)cc1. The van der Waals surface area contributed by atoms with E-state index in [-0.39, 0.29) is 11.9 Å². The van der Waals surface area contributed by atoms with Crippen LogP contribution in [0.2, 0.25) is 0 Å². The molecular weight excluding hydrogens is 253 g/mol. The Bertz CT molecular complexity index is 545. The number of halogens is 1. The molecule has 2 nitrogen and oxygen atoms in total. The highest BCUT2D eigenvalue weighted by atomic mass is 19.1. The van der Waals surface area contributed by atoms with E-state index in [1.54, 1.807) is 7.11 Å². The van der Waals surface area contributed by atoms with Gasteiger partial charge in [0.15, 0.2) is 0 Å². The van der Waals surface area contributed by atoms with Crippen molar-refractivity contribution in [3.63, 3.8) is 0 Å². The maximum absolute atomic E-state index is 13.4. The lowest BCUT2D eigenvalue weighted by Crippen LogP contribution is -2.12. The largest absolute Gasteiger partial charge is 0.384 e. The van der Waals surface area contributed by atoms with Crippen LogP contribution in [0.5, 0.6) is 0 Å². The molecule has 2 N–H and O–H groups in total. The van der Waals surface area contributed by atoms with Crippen LogP contribution in [0.3, 0.4) is 0 Å². The number of benzene rings is 2. The molecule has 3 heteroatoms. The molecule has 0 radical (unpaired) electrons. The molecule has 1 unspecified atom stereocenters. The summed E-state index contributed by atoms with van der Waals surface area (Å²) in [7, 11) is 1.69. The standard InChI is InChI=1S/C17H20FNO/c1-12-9-15(11-16(18)10-12)17(19)14-5-3-13(4-6-14)7-8-20-2/h3-6,9-11,17H,7-8,19H2,1-2H3. The fourth-order valence-electron chi connectivity index (χ4n) is 2.25. The second kappa shape index (κ2) is 6.64. The van der Waals surface area contributed by atoms with Gasteiger partial charge in [-0.25, -0.2) is 4.39 Å². The lowest BCUT2D eigenvalue weighted by Gasteiger charge is -2.14. The van der Waals surface area contributed by atoms with Crippen LogP contribution in [0.15, 0.2) is 42.5 Å². The Kier molecular flexibility index (Phi) is 4.88. The van der Waals surface area contributed by atoms with Crippen LogP contribution < -0.4 is 5.73 Å². The summed E-state index contributed by atoms with van der Waals surface area (Å²) in [4.78, 5) is 0. The number of ether oxygens (including phenoxy) is 1. The molecule has 0 aliphatic carbocycles. The number of hydrogen-bond acceptors (Lipinski definition) is 2. The van der Waals surface area contributed by atoms with Crippen molar-refractivity contribution in [3.8, 4) is 0 Å². The summed E-state index contributed by atoms with van der Waals surface area (Å²) in [5.41, 5.74) is 10.1. The zero-order valence-corrected chi connectivity index (χ0v) is 11.9. The van der Waals surface area contributed by atoms with E-state index in [4.69, 9.17) is 10.5 Å². The summed E-state index contributed by atoms with van der Waals surface area (Å²) >= 11 is 0. The number of rotatable bonds is 5. The number of nitrogens with two attached hydrogens (primary N) is 1. The quantitative estimate of drug-likeness (QED) is 0.906. The molecule has 106 valence electrons. The summed E-state index contributed by atoms with van der Waals surface area (Å²) in [6.07, 6.45) is 0.880. The normalized spacial score (nSPS) is 12.4. The van der Waals surface area contributed by atoms with E-state index in [2.05, 4.69) is 0 Å². The first-order valence-electron chi connectivity index (χ1n) is 6.70. The molecule has 0 fully saturated rings. The van der Waals surface area contributed by atoms with Gasteiger partial charge >= 0.3 is 0 Å². The molecule has 0 aliphatic heterocycles. The first-order chi connectivity index (χ1) is 9.60. The highest BCUT2D eigenvalue weighted by molar-refractivity contribution is 5.35. The minimum absolute atomic E-state index is 0.243. The van der Waals surface area contributed by atoms with Gasteiger partial charge in [0.25, 0.3) is 0 Å². The van der Waals surface area contributed by atoms with Crippen molar-refractivity contribution in [2.24, 2.45) is 5.73 Å². The van der Waals surface area contributed by atoms with Gasteiger partial charge in [-0.15, -0.1) is 0 Å². The molecule has 2 aromatic carbocycles. The van der Waals surface area contributed by atoms with Crippen LogP contribution in [0, 0.1) is 12.7 Å². The molecule has 0 aliphatic rings. The van der Waals surface area contributed by atoms with Crippen molar-refractivity contribution in [1.29, 1.82) is 0 Å². The third-order valence-electron chi connectivity index (χ3n) is 3.36. The maximum Gasteiger partial charge on any atom is 0.123 e. The molecular formula is C17H20FNO. The van der Waals surface area contributed by atoms with Gasteiger partial charge in [-0.2, -0.15) is 0 Å². The maximum atomic E-state index is 13.4. The Morgan fingerprint density at radius 3 is 2.40 bits per heavy atom. The summed E-state index contributed by atoms with van der Waals surface area (Å²) in [5.74, 6) is -0.243. The molecule has 2 rings (SSSR count). The van der Waals surface area contributed by atoms with Crippen molar-refractivity contribution in [2.75, 3.05) is 13.7 Å². The van der Waals surface area contributed by atoms with E-state index in [1.807, 2.05) is 37.3 Å². The van der Waals surface area contributed by atoms with E-state index in [0.717, 1.165) is 23.1 Å². The number of methoxy groups -OCH3 is 1. The van der Waals surface area contributed by atoms with Crippen LogP contribution in [0.1, 0.15) is 28.3 Å². The Hall–Kier alpha value is -1.71.